The Morgan fingerprint density at radius 2 is 2.44 bits per heavy atom. The van der Waals surface area contributed by atoms with Crippen molar-refractivity contribution in [3.8, 4) is 10.8 Å². The summed E-state index contributed by atoms with van der Waals surface area (Å²) < 4.78 is 5.56. The first-order chi connectivity index (χ1) is 8.58. The lowest BCUT2D eigenvalue weighted by molar-refractivity contribution is -0.139. The van der Waals surface area contributed by atoms with Gasteiger partial charge in [-0.1, -0.05) is 6.07 Å². The number of aliphatic carboxylic acids is 1. The maximum Gasteiger partial charge on any atom is 0.320 e. The molecule has 96 valence electrons. The van der Waals surface area contributed by atoms with Crippen LogP contribution in [-0.2, 0) is 11.3 Å². The van der Waals surface area contributed by atoms with Crippen LogP contribution in [0.4, 0.5) is 0 Å². The van der Waals surface area contributed by atoms with Crippen LogP contribution in [0, 0.1) is 6.92 Å². The molecule has 0 amide bonds. The van der Waals surface area contributed by atoms with Crippen LogP contribution in [0.2, 0.25) is 0 Å². The zero-order valence-electron chi connectivity index (χ0n) is 10.1. The van der Waals surface area contributed by atoms with E-state index in [2.05, 4.69) is 10.3 Å². The molecule has 5 nitrogen and oxygen atoms in total. The molecule has 0 aliphatic carbocycles. The summed E-state index contributed by atoms with van der Waals surface area (Å²) in [5, 5.41) is 13.6. The molecule has 6 heteroatoms. The number of aryl methyl sites for hydroxylation is 1. The van der Waals surface area contributed by atoms with E-state index in [1.807, 2.05) is 24.4 Å². The third-order valence-electron chi connectivity index (χ3n) is 2.57. The first-order valence-corrected chi connectivity index (χ1v) is 6.42. The highest BCUT2D eigenvalue weighted by Gasteiger charge is 2.15. The highest BCUT2D eigenvalue weighted by atomic mass is 32.1. The van der Waals surface area contributed by atoms with Gasteiger partial charge in [0.05, 0.1) is 10.6 Å². The molecule has 2 aromatic heterocycles. The highest BCUT2D eigenvalue weighted by Crippen LogP contribution is 2.25. The van der Waals surface area contributed by atoms with Gasteiger partial charge < -0.3 is 9.52 Å². The van der Waals surface area contributed by atoms with Gasteiger partial charge in [0.2, 0.25) is 5.89 Å². The molecular formula is C12H14N2O3S. The van der Waals surface area contributed by atoms with Crippen molar-refractivity contribution in [1.29, 1.82) is 0 Å². The molecule has 2 heterocycles. The molecule has 0 fully saturated rings. The minimum Gasteiger partial charge on any atom is -0.480 e. The lowest BCUT2D eigenvalue weighted by atomic mass is 10.3. The number of nitrogens with one attached hydrogen (secondary N) is 1. The van der Waals surface area contributed by atoms with Crippen molar-refractivity contribution in [2.45, 2.75) is 26.4 Å². The molecule has 1 atom stereocenters. The smallest absolute Gasteiger partial charge is 0.320 e. The first kappa shape index (κ1) is 12.8. The number of rotatable bonds is 5. The Morgan fingerprint density at radius 1 is 1.67 bits per heavy atom. The second-order valence-electron chi connectivity index (χ2n) is 3.94. The maximum atomic E-state index is 10.7. The molecule has 18 heavy (non-hydrogen) atoms. The molecule has 0 radical (unpaired) electrons. The van der Waals surface area contributed by atoms with Gasteiger partial charge in [0.15, 0.2) is 0 Å². The minimum absolute atomic E-state index is 0.383. The number of oxazole rings is 1. The topological polar surface area (TPSA) is 75.4 Å². The lowest BCUT2D eigenvalue weighted by Gasteiger charge is -2.06. The molecule has 0 bridgehead atoms. The zero-order valence-corrected chi connectivity index (χ0v) is 11.0. The SMILES string of the molecule is Cc1oc(-c2cccs2)nc1CN[C@H](C)C(=O)O. The number of hydrogen-bond donors (Lipinski definition) is 2. The summed E-state index contributed by atoms with van der Waals surface area (Å²) in [6.07, 6.45) is 0. The lowest BCUT2D eigenvalue weighted by Crippen LogP contribution is -2.33. The van der Waals surface area contributed by atoms with Crippen molar-refractivity contribution >= 4 is 17.3 Å². The number of hydrogen-bond acceptors (Lipinski definition) is 5. The van der Waals surface area contributed by atoms with Crippen LogP contribution < -0.4 is 5.32 Å². The molecule has 0 aromatic carbocycles. The van der Waals surface area contributed by atoms with E-state index >= 15 is 0 Å². The Hall–Kier alpha value is -1.66. The van der Waals surface area contributed by atoms with Gasteiger partial charge >= 0.3 is 5.97 Å². The van der Waals surface area contributed by atoms with Gasteiger partial charge in [-0.15, -0.1) is 11.3 Å². The van der Waals surface area contributed by atoms with Crippen molar-refractivity contribution in [2.24, 2.45) is 0 Å². The van der Waals surface area contributed by atoms with Crippen LogP contribution in [0.5, 0.6) is 0 Å². The van der Waals surface area contributed by atoms with Gasteiger partial charge in [0.25, 0.3) is 0 Å². The van der Waals surface area contributed by atoms with E-state index < -0.39 is 12.0 Å². The van der Waals surface area contributed by atoms with Crippen LogP contribution in [0.25, 0.3) is 10.8 Å². The van der Waals surface area contributed by atoms with E-state index in [-0.39, 0.29) is 0 Å². The van der Waals surface area contributed by atoms with Gasteiger partial charge in [-0.2, -0.15) is 0 Å². The fourth-order valence-electron chi connectivity index (χ4n) is 1.43. The van der Waals surface area contributed by atoms with Crippen molar-refractivity contribution in [1.82, 2.24) is 10.3 Å². The highest BCUT2D eigenvalue weighted by molar-refractivity contribution is 7.13. The third-order valence-corrected chi connectivity index (χ3v) is 3.43. The molecule has 0 spiro atoms. The van der Waals surface area contributed by atoms with Crippen LogP contribution in [0.1, 0.15) is 18.4 Å². The monoisotopic (exact) mass is 266 g/mol. The second kappa shape index (κ2) is 5.32. The number of nitrogens with zero attached hydrogens (tertiary/aromatic N) is 1. The summed E-state index contributed by atoms with van der Waals surface area (Å²) in [6.45, 7) is 3.80. The Balaban J connectivity index is 2.08. The summed E-state index contributed by atoms with van der Waals surface area (Å²) in [6, 6.07) is 3.27. The van der Waals surface area contributed by atoms with Crippen molar-refractivity contribution < 1.29 is 14.3 Å². The molecule has 0 unspecified atom stereocenters. The summed E-state index contributed by atoms with van der Waals surface area (Å²) in [5.74, 6) is 0.417. The fourth-order valence-corrected chi connectivity index (χ4v) is 2.08. The normalized spacial score (nSPS) is 12.6. The van der Waals surface area contributed by atoms with Gasteiger partial charge in [0, 0.05) is 6.54 Å². The quantitative estimate of drug-likeness (QED) is 0.868. The molecule has 2 aromatic rings. The van der Waals surface area contributed by atoms with Crippen LogP contribution in [0.15, 0.2) is 21.9 Å². The minimum atomic E-state index is -0.880. The number of carboxylic acids is 1. The maximum absolute atomic E-state index is 10.7. The predicted molar refractivity (Wildman–Crippen MR) is 68.5 cm³/mol. The summed E-state index contributed by atoms with van der Waals surface area (Å²) >= 11 is 1.56. The molecular weight excluding hydrogens is 252 g/mol. The van der Waals surface area contributed by atoms with E-state index in [4.69, 9.17) is 9.52 Å². The summed E-state index contributed by atoms with van der Waals surface area (Å²) in [5.41, 5.74) is 0.742. The van der Waals surface area contributed by atoms with E-state index in [1.165, 1.54) is 0 Å². The molecule has 0 aliphatic heterocycles. The van der Waals surface area contributed by atoms with E-state index in [0.29, 0.717) is 18.2 Å². The number of thiophene rings is 1. The van der Waals surface area contributed by atoms with Crippen LogP contribution in [0.3, 0.4) is 0 Å². The Kier molecular flexibility index (Phi) is 3.78. The zero-order chi connectivity index (χ0) is 13.1. The largest absolute Gasteiger partial charge is 0.480 e. The van der Waals surface area contributed by atoms with Crippen LogP contribution >= 0.6 is 11.3 Å². The Labute approximate surface area is 108 Å². The molecule has 2 N–H and O–H groups in total. The Morgan fingerprint density at radius 3 is 3.06 bits per heavy atom. The first-order valence-electron chi connectivity index (χ1n) is 5.54. The predicted octanol–water partition coefficient (Wildman–Crippen LogP) is 2.27. The van der Waals surface area contributed by atoms with Gasteiger partial charge in [-0.25, -0.2) is 4.98 Å². The van der Waals surface area contributed by atoms with E-state index in [9.17, 15) is 4.79 Å². The van der Waals surface area contributed by atoms with E-state index in [0.717, 1.165) is 10.6 Å². The van der Waals surface area contributed by atoms with Crippen LogP contribution in [-0.4, -0.2) is 22.1 Å². The molecule has 2 rings (SSSR count). The van der Waals surface area contributed by atoms with Gasteiger partial charge in [-0.3, -0.25) is 10.1 Å². The van der Waals surface area contributed by atoms with E-state index in [1.54, 1.807) is 18.3 Å². The molecule has 0 saturated carbocycles. The number of carboxylic acid groups (broad SMARTS) is 1. The summed E-state index contributed by atoms with van der Waals surface area (Å²) in [7, 11) is 0. The standard InChI is InChI=1S/C12H14N2O3S/c1-7(12(15)16)13-6-9-8(2)17-11(14-9)10-4-3-5-18-10/h3-5,7,13H,6H2,1-2H3,(H,15,16)/t7-/m1/s1. The van der Waals surface area contributed by atoms with Gasteiger partial charge in [0.1, 0.15) is 11.8 Å². The van der Waals surface area contributed by atoms with Crippen molar-refractivity contribution in [2.75, 3.05) is 0 Å². The van der Waals surface area contributed by atoms with Gasteiger partial charge in [-0.05, 0) is 25.3 Å². The Bertz CT molecular complexity index is 534. The van der Waals surface area contributed by atoms with Crippen molar-refractivity contribution in [3.05, 3.63) is 29.0 Å². The molecule has 0 saturated heterocycles. The summed E-state index contributed by atoms with van der Waals surface area (Å²) in [4.78, 5) is 16.0. The van der Waals surface area contributed by atoms with Crippen molar-refractivity contribution in [3.63, 3.8) is 0 Å². The average Bonchev–Trinajstić information content (AvgIpc) is 2.94. The second-order valence-corrected chi connectivity index (χ2v) is 4.89. The number of aromatic nitrogens is 1. The third kappa shape index (κ3) is 2.77. The molecule has 0 aliphatic rings. The average molecular weight is 266 g/mol. The fraction of sp³-hybridized carbons (Fsp3) is 0.333. The number of carbonyl (C=O) groups is 1.